The van der Waals surface area contributed by atoms with E-state index >= 15 is 0 Å². The van der Waals surface area contributed by atoms with Crippen LogP contribution in [0.2, 0.25) is 0 Å². The van der Waals surface area contributed by atoms with E-state index in [0.29, 0.717) is 11.7 Å². The highest BCUT2D eigenvalue weighted by Gasteiger charge is 2.57. The zero-order chi connectivity index (χ0) is 25.9. The Balaban J connectivity index is 1.43. The number of nitrogens with two attached hydrogens (primary N) is 1. The van der Waals surface area contributed by atoms with Crippen LogP contribution in [0.4, 0.5) is 5.82 Å². The Morgan fingerprint density at radius 1 is 1.50 bits per heavy atom. The fourth-order valence-electron chi connectivity index (χ4n) is 3.73. The molecule has 4 heterocycles. The molecule has 2 amide bonds. The van der Waals surface area contributed by atoms with Gasteiger partial charge in [-0.15, -0.1) is 23.4 Å². The number of nitrogens with zero attached hydrogens (tertiary/aromatic N) is 7. The van der Waals surface area contributed by atoms with Crippen LogP contribution < -0.4 is 11.1 Å². The monoisotopic (exact) mass is 533 g/mol. The van der Waals surface area contributed by atoms with E-state index in [4.69, 9.17) is 10.6 Å². The van der Waals surface area contributed by atoms with Crippen molar-refractivity contribution in [2.75, 3.05) is 30.9 Å². The van der Waals surface area contributed by atoms with Crippen LogP contribution in [-0.2, 0) is 25.8 Å². The molecule has 16 heteroatoms. The summed E-state index contributed by atoms with van der Waals surface area (Å²) in [5, 5.41) is 27.9. The van der Waals surface area contributed by atoms with E-state index in [1.165, 1.54) is 40.2 Å². The van der Waals surface area contributed by atoms with Gasteiger partial charge in [-0.3, -0.25) is 14.4 Å². The molecular formula is C20H23N9O5S2. The van der Waals surface area contributed by atoms with Crippen LogP contribution in [0, 0.1) is 5.41 Å². The van der Waals surface area contributed by atoms with Crippen molar-refractivity contribution in [3.63, 3.8) is 0 Å². The molecule has 4 N–H and O–H groups in total. The molecule has 0 bridgehead atoms. The van der Waals surface area contributed by atoms with Crippen molar-refractivity contribution in [3.05, 3.63) is 36.5 Å². The summed E-state index contributed by atoms with van der Waals surface area (Å²) in [7, 11) is 1.28. The third-order valence-electron chi connectivity index (χ3n) is 5.57. The summed E-state index contributed by atoms with van der Waals surface area (Å²) in [6.07, 6.45) is 1.63. The van der Waals surface area contributed by atoms with Crippen LogP contribution in [0.15, 0.2) is 41.2 Å². The number of nitrogens with one attached hydrogen (secondary N) is 1. The second kappa shape index (κ2) is 10.5. The highest BCUT2D eigenvalue weighted by molar-refractivity contribution is 8.00. The van der Waals surface area contributed by atoms with E-state index in [2.05, 4.69) is 37.6 Å². The van der Waals surface area contributed by atoms with Crippen LogP contribution in [0.3, 0.4) is 0 Å². The molecule has 36 heavy (non-hydrogen) atoms. The lowest BCUT2D eigenvalue weighted by Crippen LogP contribution is -2.74. The Hall–Kier alpha value is -3.66. The Morgan fingerprint density at radius 3 is 3.00 bits per heavy atom. The quantitative estimate of drug-likeness (QED) is 0.116. The fraction of sp³-hybridized carbons (Fsp3) is 0.400. The first kappa shape index (κ1) is 25.4. The molecule has 2 aliphatic rings. The molecule has 190 valence electrons. The molecule has 2 saturated heterocycles. The number of carbonyl (C=O) groups is 3. The van der Waals surface area contributed by atoms with Gasteiger partial charge in [0.1, 0.15) is 35.5 Å². The number of fused-ring (bicyclic) bond motifs is 1. The number of anilines is 1. The maximum Gasteiger partial charge on any atom is 0.313 e. The standard InChI is InChI=1S/C20H23N9O5S2/c1-3-7-29-19(24-26-27-29)36-10-20(18(32)33)8-28-16(31)14(17(28)35-9-20)23-15(30)13(25-34-2)11-5-4-6-12(21)22-11/h3-6,14,17H,1,7-10H2,2H3,(H2,21,22)(H,23,30)(H,32,33)/t14?,17-,20?/m1/s1. The molecule has 0 aromatic carbocycles. The number of hydrogen-bond acceptors (Lipinski definition) is 12. The number of aliphatic carboxylic acids is 1. The number of thioether (sulfide) groups is 2. The molecule has 0 radical (unpaired) electrons. The van der Waals surface area contributed by atoms with E-state index in [0.717, 1.165) is 0 Å². The number of carbonyl (C=O) groups excluding carboxylic acids is 2. The Bertz CT molecular complexity index is 1220. The fourth-order valence-corrected chi connectivity index (χ4v) is 6.48. The van der Waals surface area contributed by atoms with Gasteiger partial charge in [-0.1, -0.05) is 29.1 Å². The van der Waals surface area contributed by atoms with E-state index in [1.54, 1.807) is 24.3 Å². The number of carboxylic acid groups (broad SMARTS) is 1. The van der Waals surface area contributed by atoms with Crippen molar-refractivity contribution < 1.29 is 24.3 Å². The van der Waals surface area contributed by atoms with Crippen LogP contribution >= 0.6 is 23.5 Å². The third kappa shape index (κ3) is 4.86. The van der Waals surface area contributed by atoms with Crippen molar-refractivity contribution >= 4 is 52.8 Å². The minimum absolute atomic E-state index is 0.00296. The molecule has 4 rings (SSSR count). The molecule has 0 spiro atoms. The number of amides is 2. The van der Waals surface area contributed by atoms with Gasteiger partial charge in [-0.25, -0.2) is 9.67 Å². The van der Waals surface area contributed by atoms with Gasteiger partial charge in [0.2, 0.25) is 11.1 Å². The minimum atomic E-state index is -1.21. The van der Waals surface area contributed by atoms with Crippen molar-refractivity contribution in [1.29, 1.82) is 0 Å². The number of aromatic nitrogens is 5. The summed E-state index contributed by atoms with van der Waals surface area (Å²) in [5.74, 6) is -1.48. The predicted molar refractivity (Wildman–Crippen MR) is 131 cm³/mol. The number of allylic oxidation sites excluding steroid dienone is 1. The van der Waals surface area contributed by atoms with Crippen molar-refractivity contribution in [3.8, 4) is 0 Å². The maximum atomic E-state index is 12.9. The number of β-lactam (4-membered cyclic amide) rings is 1. The van der Waals surface area contributed by atoms with E-state index < -0.39 is 28.7 Å². The molecular weight excluding hydrogens is 510 g/mol. The van der Waals surface area contributed by atoms with Crippen molar-refractivity contribution in [1.82, 2.24) is 35.4 Å². The van der Waals surface area contributed by atoms with Gasteiger partial charge in [-0.05, 0) is 22.6 Å². The first-order chi connectivity index (χ1) is 17.3. The lowest BCUT2D eigenvalue weighted by atomic mass is 9.89. The molecule has 2 fully saturated rings. The Labute approximate surface area is 213 Å². The third-order valence-corrected chi connectivity index (χ3v) is 8.41. The van der Waals surface area contributed by atoms with Gasteiger partial charge in [0, 0.05) is 18.1 Å². The normalized spacial score (nSPS) is 23.4. The smallest absolute Gasteiger partial charge is 0.313 e. The number of nitrogen functional groups attached to an aromatic ring is 1. The maximum absolute atomic E-state index is 12.9. The summed E-state index contributed by atoms with van der Waals surface area (Å²) >= 11 is 2.50. The topological polar surface area (TPSA) is 191 Å². The number of oxime groups is 1. The summed E-state index contributed by atoms with van der Waals surface area (Å²) in [6.45, 7) is 4.04. The average molecular weight is 534 g/mol. The first-order valence-electron chi connectivity index (χ1n) is 10.6. The van der Waals surface area contributed by atoms with E-state index in [1.807, 2.05) is 0 Å². The average Bonchev–Trinajstić information content (AvgIpc) is 3.31. The van der Waals surface area contributed by atoms with Gasteiger partial charge < -0.3 is 25.9 Å². The second-order valence-electron chi connectivity index (χ2n) is 8.00. The number of tetrazole rings is 1. The Kier molecular flexibility index (Phi) is 7.44. The SMILES string of the molecule is C=CCn1nnnc1SCC1(C(=O)O)CS[C@@H]2C(NC(=O)C(=NOC)c3cccc(N)n3)C(=O)N2C1. The van der Waals surface area contributed by atoms with Crippen LogP contribution in [0.25, 0.3) is 0 Å². The molecule has 2 aromatic heterocycles. The molecule has 2 aliphatic heterocycles. The number of pyridine rings is 1. The summed E-state index contributed by atoms with van der Waals surface area (Å²) in [6, 6.07) is 3.88. The molecule has 2 unspecified atom stereocenters. The van der Waals surface area contributed by atoms with Gasteiger partial charge in [0.25, 0.3) is 5.91 Å². The summed E-state index contributed by atoms with van der Waals surface area (Å²) in [4.78, 5) is 48.4. The van der Waals surface area contributed by atoms with Gasteiger partial charge >= 0.3 is 5.97 Å². The van der Waals surface area contributed by atoms with E-state index in [-0.39, 0.29) is 41.2 Å². The highest BCUT2D eigenvalue weighted by Crippen LogP contribution is 2.44. The minimum Gasteiger partial charge on any atom is -0.481 e. The Morgan fingerprint density at radius 2 is 2.31 bits per heavy atom. The molecule has 3 atom stereocenters. The molecule has 2 aromatic rings. The summed E-state index contributed by atoms with van der Waals surface area (Å²) in [5.41, 5.74) is 4.54. The predicted octanol–water partition coefficient (Wildman–Crippen LogP) is -0.550. The lowest BCUT2D eigenvalue weighted by molar-refractivity contribution is -0.157. The second-order valence-corrected chi connectivity index (χ2v) is 10.0. The van der Waals surface area contributed by atoms with Gasteiger partial charge in [0.15, 0.2) is 5.71 Å². The highest BCUT2D eigenvalue weighted by atomic mass is 32.2. The zero-order valence-corrected chi connectivity index (χ0v) is 20.7. The number of rotatable bonds is 10. The van der Waals surface area contributed by atoms with E-state index in [9.17, 15) is 19.5 Å². The van der Waals surface area contributed by atoms with Crippen LogP contribution in [0.1, 0.15) is 5.69 Å². The lowest BCUT2D eigenvalue weighted by Gasteiger charge is -2.53. The van der Waals surface area contributed by atoms with Crippen LogP contribution in [0.5, 0.6) is 0 Å². The van der Waals surface area contributed by atoms with Crippen LogP contribution in [-0.4, -0.2) is 95.3 Å². The molecule has 0 saturated carbocycles. The number of hydrogen-bond donors (Lipinski definition) is 3. The van der Waals surface area contributed by atoms with Crippen molar-refractivity contribution in [2.45, 2.75) is 23.1 Å². The number of carboxylic acids is 1. The molecule has 0 aliphatic carbocycles. The van der Waals surface area contributed by atoms with Gasteiger partial charge in [-0.2, -0.15) is 0 Å². The van der Waals surface area contributed by atoms with Gasteiger partial charge in [0.05, 0.1) is 6.54 Å². The van der Waals surface area contributed by atoms with Crippen molar-refractivity contribution in [2.24, 2.45) is 10.6 Å². The summed E-state index contributed by atoms with van der Waals surface area (Å²) < 4.78 is 1.51. The molecule has 14 nitrogen and oxygen atoms in total. The zero-order valence-electron chi connectivity index (χ0n) is 19.1. The largest absolute Gasteiger partial charge is 0.481 e. The first-order valence-corrected chi connectivity index (χ1v) is 12.6.